The van der Waals surface area contributed by atoms with Crippen molar-refractivity contribution in [3.05, 3.63) is 59.7 Å². The van der Waals surface area contributed by atoms with E-state index < -0.39 is 0 Å². The molecule has 0 fully saturated rings. The molecule has 0 atom stereocenters. The Hall–Kier alpha value is -2.79. The fourth-order valence-corrected chi connectivity index (χ4v) is 2.15. The van der Waals surface area contributed by atoms with Crippen molar-refractivity contribution in [1.82, 2.24) is 0 Å². The summed E-state index contributed by atoms with van der Waals surface area (Å²) >= 11 is 0. The lowest BCUT2D eigenvalue weighted by molar-refractivity contribution is 0.104. The summed E-state index contributed by atoms with van der Waals surface area (Å²) in [5, 5.41) is 0. The minimum absolute atomic E-state index is 0.0924. The number of ether oxygens (including phenoxy) is 4. The monoisotopic (exact) mass is 342 g/mol. The van der Waals surface area contributed by atoms with E-state index in [9.17, 15) is 4.79 Å². The maximum atomic E-state index is 12.3. The molecule has 5 nitrogen and oxygen atoms in total. The molecular formula is C20H22O5. The fraction of sp³-hybridized carbons (Fsp3) is 0.250. The van der Waals surface area contributed by atoms with Gasteiger partial charge in [-0.2, -0.15) is 0 Å². The Balaban J connectivity index is 2.04. The highest BCUT2D eigenvalue weighted by Gasteiger charge is 2.04. The molecule has 0 aliphatic heterocycles. The molecule has 0 amide bonds. The number of hydrogen-bond acceptors (Lipinski definition) is 5. The number of methoxy groups -OCH3 is 3. The zero-order valence-electron chi connectivity index (χ0n) is 14.7. The van der Waals surface area contributed by atoms with E-state index in [1.807, 2.05) is 12.1 Å². The predicted octanol–water partition coefficient (Wildman–Crippen LogP) is 3.63. The van der Waals surface area contributed by atoms with Crippen molar-refractivity contribution in [2.24, 2.45) is 0 Å². The van der Waals surface area contributed by atoms with Crippen molar-refractivity contribution in [2.75, 3.05) is 34.5 Å². The molecule has 2 aromatic rings. The molecule has 0 aliphatic rings. The van der Waals surface area contributed by atoms with Gasteiger partial charge >= 0.3 is 0 Å². The van der Waals surface area contributed by atoms with Crippen molar-refractivity contribution in [2.45, 2.75) is 0 Å². The van der Waals surface area contributed by atoms with Crippen LogP contribution in [0, 0.1) is 0 Å². The highest BCUT2D eigenvalue weighted by Crippen LogP contribution is 2.23. The summed E-state index contributed by atoms with van der Waals surface area (Å²) in [5.41, 5.74) is 1.41. The van der Waals surface area contributed by atoms with Crippen LogP contribution in [0.15, 0.2) is 48.5 Å². The molecule has 0 unspecified atom stereocenters. The molecule has 0 heterocycles. The van der Waals surface area contributed by atoms with E-state index >= 15 is 0 Å². The molecule has 0 bridgehead atoms. The number of allylic oxidation sites excluding steroid dienone is 1. The van der Waals surface area contributed by atoms with E-state index in [2.05, 4.69) is 0 Å². The normalized spacial score (nSPS) is 10.7. The van der Waals surface area contributed by atoms with Gasteiger partial charge in [-0.25, -0.2) is 0 Å². The van der Waals surface area contributed by atoms with Gasteiger partial charge in [-0.3, -0.25) is 4.79 Å². The van der Waals surface area contributed by atoms with Gasteiger partial charge in [0.1, 0.15) is 23.9 Å². The van der Waals surface area contributed by atoms with Crippen molar-refractivity contribution < 1.29 is 23.7 Å². The Labute approximate surface area is 147 Å². The van der Waals surface area contributed by atoms with Gasteiger partial charge in [-0.15, -0.1) is 0 Å². The first-order chi connectivity index (χ1) is 12.2. The average Bonchev–Trinajstić information content (AvgIpc) is 2.66. The van der Waals surface area contributed by atoms with Crippen molar-refractivity contribution in [1.29, 1.82) is 0 Å². The Morgan fingerprint density at radius 1 is 0.880 bits per heavy atom. The SMILES string of the molecule is COCCOc1ccc(C(=O)C=Cc2cc(OC)cc(OC)c2)cc1. The van der Waals surface area contributed by atoms with Crippen molar-refractivity contribution in [3.8, 4) is 17.2 Å². The minimum Gasteiger partial charge on any atom is -0.497 e. The number of hydrogen-bond donors (Lipinski definition) is 0. The third kappa shape index (κ3) is 5.65. The molecule has 0 spiro atoms. The van der Waals surface area contributed by atoms with Crippen LogP contribution in [-0.2, 0) is 4.74 Å². The molecule has 2 aromatic carbocycles. The van der Waals surface area contributed by atoms with Crippen LogP contribution in [0.4, 0.5) is 0 Å². The lowest BCUT2D eigenvalue weighted by atomic mass is 10.1. The zero-order valence-corrected chi connectivity index (χ0v) is 14.7. The van der Waals surface area contributed by atoms with Gasteiger partial charge < -0.3 is 18.9 Å². The Bertz CT molecular complexity index is 697. The zero-order chi connectivity index (χ0) is 18.1. The Kier molecular flexibility index (Phi) is 7.04. The summed E-state index contributed by atoms with van der Waals surface area (Å²) in [7, 11) is 4.79. The average molecular weight is 342 g/mol. The van der Waals surface area contributed by atoms with Crippen LogP contribution in [0.25, 0.3) is 6.08 Å². The number of carbonyl (C=O) groups is 1. The number of carbonyl (C=O) groups excluding carboxylic acids is 1. The largest absolute Gasteiger partial charge is 0.497 e. The molecule has 0 N–H and O–H groups in total. The first-order valence-electron chi connectivity index (χ1n) is 7.83. The van der Waals surface area contributed by atoms with Gasteiger partial charge in [-0.1, -0.05) is 6.08 Å². The quantitative estimate of drug-likeness (QED) is 0.396. The van der Waals surface area contributed by atoms with Gasteiger partial charge in [0.25, 0.3) is 0 Å². The maximum absolute atomic E-state index is 12.3. The smallest absolute Gasteiger partial charge is 0.185 e. The first kappa shape index (κ1) is 18.5. The van der Waals surface area contributed by atoms with Crippen LogP contribution in [0.3, 0.4) is 0 Å². The van der Waals surface area contributed by atoms with E-state index in [0.717, 1.165) is 5.56 Å². The van der Waals surface area contributed by atoms with E-state index in [1.54, 1.807) is 57.7 Å². The fourth-order valence-electron chi connectivity index (χ4n) is 2.15. The highest BCUT2D eigenvalue weighted by atomic mass is 16.5. The lowest BCUT2D eigenvalue weighted by Gasteiger charge is -2.06. The molecular weight excluding hydrogens is 320 g/mol. The van der Waals surface area contributed by atoms with E-state index in [0.29, 0.717) is 36.0 Å². The second-order valence-electron chi connectivity index (χ2n) is 5.21. The number of benzene rings is 2. The topological polar surface area (TPSA) is 54.0 Å². The number of ketones is 1. The molecule has 0 saturated carbocycles. The standard InChI is InChI=1S/C20H22O5/c1-22-10-11-25-17-7-5-16(6-8-17)20(21)9-4-15-12-18(23-2)14-19(13-15)24-3/h4-9,12-14H,10-11H2,1-3H3. The molecule has 0 radical (unpaired) electrons. The van der Waals surface area contributed by atoms with E-state index in [-0.39, 0.29) is 5.78 Å². The van der Waals surface area contributed by atoms with Gasteiger partial charge in [0, 0.05) is 18.7 Å². The Morgan fingerprint density at radius 2 is 1.52 bits per heavy atom. The minimum atomic E-state index is -0.0924. The molecule has 132 valence electrons. The summed E-state index contributed by atoms with van der Waals surface area (Å²) in [6.07, 6.45) is 3.26. The van der Waals surface area contributed by atoms with Crippen LogP contribution in [0.2, 0.25) is 0 Å². The second-order valence-corrected chi connectivity index (χ2v) is 5.21. The van der Waals surface area contributed by atoms with Crippen molar-refractivity contribution in [3.63, 3.8) is 0 Å². The van der Waals surface area contributed by atoms with E-state index in [1.165, 1.54) is 6.08 Å². The van der Waals surface area contributed by atoms with Crippen LogP contribution < -0.4 is 14.2 Å². The number of rotatable bonds is 9. The van der Waals surface area contributed by atoms with Gasteiger partial charge in [0.05, 0.1) is 20.8 Å². The third-order valence-corrected chi connectivity index (χ3v) is 3.50. The van der Waals surface area contributed by atoms with Gasteiger partial charge in [0.2, 0.25) is 0 Å². The van der Waals surface area contributed by atoms with Gasteiger partial charge in [-0.05, 0) is 48.0 Å². The third-order valence-electron chi connectivity index (χ3n) is 3.50. The second kappa shape index (κ2) is 9.49. The maximum Gasteiger partial charge on any atom is 0.185 e. The van der Waals surface area contributed by atoms with Crippen LogP contribution in [-0.4, -0.2) is 40.3 Å². The molecule has 5 heteroatoms. The van der Waals surface area contributed by atoms with Crippen LogP contribution >= 0.6 is 0 Å². The highest BCUT2D eigenvalue weighted by molar-refractivity contribution is 6.06. The summed E-state index contributed by atoms with van der Waals surface area (Å²) in [4.78, 5) is 12.3. The molecule has 25 heavy (non-hydrogen) atoms. The molecule has 0 saturated heterocycles. The van der Waals surface area contributed by atoms with Crippen LogP contribution in [0.1, 0.15) is 15.9 Å². The van der Waals surface area contributed by atoms with Gasteiger partial charge in [0.15, 0.2) is 5.78 Å². The van der Waals surface area contributed by atoms with Crippen molar-refractivity contribution >= 4 is 11.9 Å². The summed E-state index contributed by atoms with van der Waals surface area (Å²) in [6, 6.07) is 12.5. The predicted molar refractivity (Wildman–Crippen MR) is 96.7 cm³/mol. The summed E-state index contributed by atoms with van der Waals surface area (Å²) in [5.74, 6) is 1.95. The molecule has 0 aliphatic carbocycles. The lowest BCUT2D eigenvalue weighted by Crippen LogP contribution is -2.04. The summed E-state index contributed by atoms with van der Waals surface area (Å²) in [6.45, 7) is 0.995. The first-order valence-corrected chi connectivity index (χ1v) is 7.83. The Morgan fingerprint density at radius 3 is 2.08 bits per heavy atom. The van der Waals surface area contributed by atoms with Crippen LogP contribution in [0.5, 0.6) is 17.2 Å². The van der Waals surface area contributed by atoms with E-state index in [4.69, 9.17) is 18.9 Å². The molecule has 2 rings (SSSR count). The molecule has 0 aromatic heterocycles. The summed E-state index contributed by atoms with van der Waals surface area (Å²) < 4.78 is 20.8.